The maximum absolute atomic E-state index is 13.2. The van der Waals surface area contributed by atoms with E-state index < -0.39 is 11.5 Å². The number of halogens is 2. The summed E-state index contributed by atoms with van der Waals surface area (Å²) >= 11 is 14.1. The van der Waals surface area contributed by atoms with E-state index in [0.717, 1.165) is 34.2 Å². The second kappa shape index (κ2) is 14.6. The van der Waals surface area contributed by atoms with Crippen molar-refractivity contribution in [2.75, 3.05) is 13.7 Å². The van der Waals surface area contributed by atoms with Gasteiger partial charge in [0, 0.05) is 72.3 Å². The number of aliphatic carboxylic acids is 1. The van der Waals surface area contributed by atoms with Crippen molar-refractivity contribution >= 4 is 40.7 Å². The summed E-state index contributed by atoms with van der Waals surface area (Å²) in [5.74, 6) is -0.462. The van der Waals surface area contributed by atoms with E-state index in [1.54, 1.807) is 25.4 Å². The summed E-state index contributed by atoms with van der Waals surface area (Å²) in [4.78, 5) is 45.4. The van der Waals surface area contributed by atoms with Crippen LogP contribution in [0.4, 0.5) is 0 Å². The number of aromatic nitrogens is 3. The van der Waals surface area contributed by atoms with Crippen LogP contribution in [-0.4, -0.2) is 56.6 Å². The number of fused-ring (bicyclic) bond motifs is 1. The molecule has 0 spiro atoms. The minimum atomic E-state index is -1.21. The van der Waals surface area contributed by atoms with Gasteiger partial charge in [0.2, 0.25) is 11.8 Å². The number of ether oxygens (including phenoxy) is 1. The molecule has 50 heavy (non-hydrogen) atoms. The summed E-state index contributed by atoms with van der Waals surface area (Å²) < 4.78 is 7.05. The smallest absolute Gasteiger partial charge is 0.323 e. The Kier molecular flexibility index (Phi) is 10.2. The molecule has 1 saturated heterocycles. The average molecular weight is 716 g/mol. The first-order chi connectivity index (χ1) is 24.0. The van der Waals surface area contributed by atoms with Gasteiger partial charge in [-0.1, -0.05) is 65.7 Å². The van der Waals surface area contributed by atoms with E-state index in [-0.39, 0.29) is 24.1 Å². The maximum Gasteiger partial charge on any atom is 0.323 e. The van der Waals surface area contributed by atoms with Crippen molar-refractivity contribution in [1.82, 2.24) is 30.3 Å². The number of hydrogen-bond donors (Lipinski definition) is 4. The van der Waals surface area contributed by atoms with Crippen LogP contribution >= 0.6 is 23.2 Å². The number of methoxy groups -OCH3 is 1. The van der Waals surface area contributed by atoms with E-state index in [1.807, 2.05) is 48.5 Å². The number of pyridine rings is 2. The van der Waals surface area contributed by atoms with Crippen LogP contribution in [-0.2, 0) is 22.7 Å². The molecule has 0 unspecified atom stereocenters. The van der Waals surface area contributed by atoms with Crippen LogP contribution in [0.2, 0.25) is 10.0 Å². The number of carbonyl (C=O) groups is 2. The number of carbonyl (C=O) groups excluding carboxylic acids is 1. The van der Waals surface area contributed by atoms with Gasteiger partial charge in [-0.25, -0.2) is 9.97 Å². The molecule has 258 valence electrons. The van der Waals surface area contributed by atoms with Crippen molar-refractivity contribution in [2.45, 2.75) is 51.4 Å². The summed E-state index contributed by atoms with van der Waals surface area (Å²) in [5.41, 5.74) is 4.40. The monoisotopic (exact) mass is 714 g/mol. The highest BCUT2D eigenvalue weighted by molar-refractivity contribution is 6.39. The molecule has 3 aromatic heterocycles. The Morgan fingerprint density at radius 1 is 1.00 bits per heavy atom. The van der Waals surface area contributed by atoms with Crippen molar-refractivity contribution in [1.29, 1.82) is 0 Å². The molecule has 4 N–H and O–H groups in total. The SMILES string of the molecule is COc1nc(-c2cccc(-c3cccc(-c4ccn5c(=O)c(CNC(C)(C)C(=O)O)cnc5c4)c3Cl)c2Cl)ccc1CNC[C@H]1CCC(=O)N1. The number of hydrogen-bond acceptors (Lipinski definition) is 8. The third-order valence-electron chi connectivity index (χ3n) is 8.83. The van der Waals surface area contributed by atoms with Gasteiger partial charge < -0.3 is 20.5 Å². The molecular formula is C37H36Cl2N6O5. The van der Waals surface area contributed by atoms with Crippen LogP contribution in [0.1, 0.15) is 37.8 Å². The van der Waals surface area contributed by atoms with E-state index in [9.17, 15) is 19.5 Å². The van der Waals surface area contributed by atoms with Gasteiger partial charge >= 0.3 is 5.97 Å². The number of amides is 1. The van der Waals surface area contributed by atoms with Gasteiger partial charge in [-0.3, -0.25) is 24.1 Å². The zero-order valence-electron chi connectivity index (χ0n) is 27.7. The number of rotatable bonds is 12. The van der Waals surface area contributed by atoms with Crippen LogP contribution in [0.5, 0.6) is 5.88 Å². The molecule has 0 saturated carbocycles. The summed E-state index contributed by atoms with van der Waals surface area (Å²) in [6, 6.07) is 18.9. The molecule has 1 aliphatic rings. The number of nitrogens with one attached hydrogen (secondary N) is 3. The second-order valence-corrected chi connectivity index (χ2v) is 13.4. The zero-order valence-corrected chi connectivity index (χ0v) is 29.2. The van der Waals surface area contributed by atoms with E-state index >= 15 is 0 Å². The van der Waals surface area contributed by atoms with Gasteiger partial charge in [0.05, 0.1) is 28.4 Å². The lowest BCUT2D eigenvalue weighted by atomic mass is 9.97. The first kappa shape index (κ1) is 35.0. The highest BCUT2D eigenvalue weighted by Gasteiger charge is 2.26. The Bertz CT molecular complexity index is 2170. The topological polar surface area (TPSA) is 147 Å². The van der Waals surface area contributed by atoms with Crippen molar-refractivity contribution < 1.29 is 19.4 Å². The van der Waals surface area contributed by atoms with Gasteiger partial charge in [0.25, 0.3) is 5.56 Å². The van der Waals surface area contributed by atoms with Crippen LogP contribution in [0.3, 0.4) is 0 Å². The maximum atomic E-state index is 13.2. The van der Waals surface area contributed by atoms with Crippen molar-refractivity contribution in [3.8, 4) is 39.4 Å². The van der Waals surface area contributed by atoms with Crippen LogP contribution in [0, 0.1) is 0 Å². The molecule has 1 fully saturated rings. The van der Waals surface area contributed by atoms with Gasteiger partial charge in [-0.05, 0) is 44.0 Å². The standard InChI is InChI=1S/C37H36Cl2N6O5/c1-37(2,36(48)49)42-19-23-18-41-30-16-21(14-15-45(30)35(23)47)25-6-4-7-26(32(25)38)27-8-5-9-28(33(27)39)29-12-10-22(34(44-29)50-3)17-40-20-24-11-13-31(46)43-24/h4-10,12,14-16,18,24,40,42H,11,13,17,19-20H2,1-3H3,(H,43,46)(H,48,49)/t24-/m1/s1. The molecule has 2 aromatic carbocycles. The van der Waals surface area contributed by atoms with E-state index in [0.29, 0.717) is 57.9 Å². The Labute approximate surface area is 298 Å². The molecule has 0 aliphatic carbocycles. The van der Waals surface area contributed by atoms with E-state index in [4.69, 9.17) is 32.9 Å². The summed E-state index contributed by atoms with van der Waals surface area (Å²) in [5, 5.41) is 19.6. The minimum absolute atomic E-state index is 0.0511. The molecule has 1 amide bonds. The lowest BCUT2D eigenvalue weighted by molar-refractivity contribution is -0.143. The van der Waals surface area contributed by atoms with E-state index in [1.165, 1.54) is 24.4 Å². The normalized spacial score (nSPS) is 14.6. The number of benzene rings is 2. The van der Waals surface area contributed by atoms with Gasteiger partial charge in [-0.2, -0.15) is 0 Å². The van der Waals surface area contributed by atoms with Crippen LogP contribution in [0.25, 0.3) is 39.2 Å². The van der Waals surface area contributed by atoms with Gasteiger partial charge in [0.15, 0.2) is 0 Å². The highest BCUT2D eigenvalue weighted by Crippen LogP contribution is 2.42. The predicted octanol–water partition coefficient (Wildman–Crippen LogP) is 5.73. The van der Waals surface area contributed by atoms with E-state index in [2.05, 4.69) is 20.9 Å². The quantitative estimate of drug-likeness (QED) is 0.127. The molecule has 4 heterocycles. The molecule has 0 bridgehead atoms. The minimum Gasteiger partial charge on any atom is -0.481 e. The lowest BCUT2D eigenvalue weighted by Crippen LogP contribution is -2.46. The first-order valence-corrected chi connectivity index (χ1v) is 16.8. The fourth-order valence-corrected chi connectivity index (χ4v) is 6.50. The third kappa shape index (κ3) is 7.22. The zero-order chi connectivity index (χ0) is 35.6. The van der Waals surface area contributed by atoms with Crippen molar-refractivity contribution in [3.05, 3.63) is 105 Å². The number of carboxylic acids is 1. The van der Waals surface area contributed by atoms with Crippen molar-refractivity contribution in [2.24, 2.45) is 0 Å². The Hall–Kier alpha value is -4.81. The highest BCUT2D eigenvalue weighted by atomic mass is 35.5. The number of carboxylic acid groups (broad SMARTS) is 1. The molecular weight excluding hydrogens is 679 g/mol. The summed E-state index contributed by atoms with van der Waals surface area (Å²) in [6.45, 7) is 4.30. The van der Waals surface area contributed by atoms with Gasteiger partial charge in [0.1, 0.15) is 11.2 Å². The lowest BCUT2D eigenvalue weighted by Gasteiger charge is -2.20. The largest absolute Gasteiger partial charge is 0.481 e. The fourth-order valence-electron chi connectivity index (χ4n) is 5.84. The summed E-state index contributed by atoms with van der Waals surface area (Å²) in [6.07, 6.45) is 4.47. The molecule has 11 nitrogen and oxygen atoms in total. The van der Waals surface area contributed by atoms with Crippen molar-refractivity contribution in [3.63, 3.8) is 0 Å². The molecule has 0 radical (unpaired) electrons. The molecule has 5 aromatic rings. The Balaban J connectivity index is 1.25. The molecule has 6 rings (SSSR count). The Morgan fingerprint density at radius 2 is 1.70 bits per heavy atom. The predicted molar refractivity (Wildman–Crippen MR) is 194 cm³/mol. The number of nitrogens with zero attached hydrogens (tertiary/aromatic N) is 3. The Morgan fingerprint density at radius 3 is 2.38 bits per heavy atom. The van der Waals surface area contributed by atoms with Crippen LogP contribution < -0.4 is 26.2 Å². The van der Waals surface area contributed by atoms with Gasteiger partial charge in [-0.15, -0.1) is 0 Å². The first-order valence-electron chi connectivity index (χ1n) is 16.1. The third-order valence-corrected chi connectivity index (χ3v) is 9.65. The summed E-state index contributed by atoms with van der Waals surface area (Å²) in [7, 11) is 1.58. The second-order valence-electron chi connectivity index (χ2n) is 12.6. The molecule has 1 aliphatic heterocycles. The van der Waals surface area contributed by atoms with Crippen LogP contribution in [0.15, 0.2) is 77.9 Å². The molecule has 13 heteroatoms. The molecule has 1 atom stereocenters. The average Bonchev–Trinajstić information content (AvgIpc) is 3.52. The fraction of sp³-hybridized carbons (Fsp3) is 0.270.